The molecule has 1 amide bonds. The van der Waals surface area contributed by atoms with E-state index in [4.69, 9.17) is 10.5 Å². The van der Waals surface area contributed by atoms with E-state index in [1.165, 1.54) is 0 Å². The van der Waals surface area contributed by atoms with Crippen LogP contribution in [0.2, 0.25) is 0 Å². The van der Waals surface area contributed by atoms with Crippen LogP contribution in [0.3, 0.4) is 0 Å². The van der Waals surface area contributed by atoms with E-state index in [2.05, 4.69) is 25.2 Å². The van der Waals surface area contributed by atoms with Crippen molar-refractivity contribution >= 4 is 23.7 Å². The smallest absolute Gasteiger partial charge is 0.409 e. The third kappa shape index (κ3) is 4.82. The molecule has 1 aliphatic heterocycles. The Labute approximate surface area is 158 Å². The van der Waals surface area contributed by atoms with E-state index in [0.29, 0.717) is 44.6 Å². The highest BCUT2D eigenvalue weighted by Gasteiger charge is 2.27. The van der Waals surface area contributed by atoms with Crippen molar-refractivity contribution in [1.82, 2.24) is 24.8 Å². The number of nitrogens with one attached hydrogen (secondary N) is 1. The van der Waals surface area contributed by atoms with E-state index in [1.807, 2.05) is 44.2 Å². The number of carbonyl (C=O) groups excluding carboxylic acids is 1. The first-order valence-corrected chi connectivity index (χ1v) is 9.06. The van der Waals surface area contributed by atoms with Crippen molar-refractivity contribution in [2.45, 2.75) is 19.9 Å². The second-order valence-corrected chi connectivity index (χ2v) is 6.26. The van der Waals surface area contributed by atoms with Crippen molar-refractivity contribution in [2.75, 3.05) is 43.8 Å². The molecule has 1 aliphatic rings. The summed E-state index contributed by atoms with van der Waals surface area (Å²) >= 11 is 0. The number of nitrogens with zero attached hydrogens (tertiary/aromatic N) is 5. The van der Waals surface area contributed by atoms with Crippen molar-refractivity contribution in [1.29, 1.82) is 0 Å². The number of carbonyl (C=O) groups is 1. The van der Waals surface area contributed by atoms with E-state index in [9.17, 15) is 4.79 Å². The second-order valence-electron chi connectivity index (χ2n) is 6.26. The van der Waals surface area contributed by atoms with Crippen LogP contribution in [0.5, 0.6) is 0 Å². The van der Waals surface area contributed by atoms with Gasteiger partial charge in [0.15, 0.2) is 5.82 Å². The molecule has 0 aliphatic carbocycles. The van der Waals surface area contributed by atoms with Crippen molar-refractivity contribution in [3.05, 3.63) is 36.2 Å². The summed E-state index contributed by atoms with van der Waals surface area (Å²) in [6, 6.07) is 9.61. The molecular formula is C18H25N7O2. The van der Waals surface area contributed by atoms with Crippen molar-refractivity contribution in [3.63, 3.8) is 0 Å². The molecule has 1 aromatic heterocycles. The van der Waals surface area contributed by atoms with E-state index >= 15 is 0 Å². The lowest BCUT2D eigenvalue weighted by Crippen LogP contribution is -2.49. The number of amides is 1. The molecule has 0 spiro atoms. The van der Waals surface area contributed by atoms with E-state index in [1.54, 1.807) is 4.90 Å². The van der Waals surface area contributed by atoms with Gasteiger partial charge in [0.05, 0.1) is 12.6 Å². The first kappa shape index (κ1) is 18.8. The maximum absolute atomic E-state index is 11.8. The number of nitrogens with two attached hydrogens (primary N) is 1. The highest BCUT2D eigenvalue weighted by atomic mass is 16.6. The van der Waals surface area contributed by atoms with Crippen LogP contribution in [-0.4, -0.2) is 63.6 Å². The number of aromatic nitrogens is 3. The van der Waals surface area contributed by atoms with Crippen LogP contribution in [0.1, 0.15) is 25.7 Å². The molecule has 9 nitrogen and oxygen atoms in total. The molecule has 144 valence electrons. The molecule has 0 unspecified atom stereocenters. The number of piperazine rings is 1. The quantitative estimate of drug-likeness (QED) is 0.822. The summed E-state index contributed by atoms with van der Waals surface area (Å²) in [5.74, 6) is 1.20. The van der Waals surface area contributed by atoms with Gasteiger partial charge in [-0.15, -0.1) is 0 Å². The van der Waals surface area contributed by atoms with Crippen LogP contribution in [-0.2, 0) is 4.74 Å². The lowest BCUT2D eigenvalue weighted by molar-refractivity contribution is 0.0673. The number of nitrogen functional groups attached to an aromatic ring is 1. The normalized spacial score (nSPS) is 16.0. The minimum atomic E-state index is -0.261. The zero-order valence-corrected chi connectivity index (χ0v) is 15.6. The van der Waals surface area contributed by atoms with Gasteiger partial charge in [0.2, 0.25) is 11.9 Å². The van der Waals surface area contributed by atoms with Crippen LogP contribution in [0.25, 0.3) is 0 Å². The molecule has 3 N–H and O–H groups in total. The van der Waals surface area contributed by atoms with Crippen LogP contribution < -0.4 is 11.1 Å². The van der Waals surface area contributed by atoms with Crippen molar-refractivity contribution in [3.8, 4) is 0 Å². The molecule has 2 aromatic rings. The third-order valence-corrected chi connectivity index (χ3v) is 4.46. The Morgan fingerprint density at radius 2 is 1.89 bits per heavy atom. The summed E-state index contributed by atoms with van der Waals surface area (Å²) < 4.78 is 5.06. The summed E-state index contributed by atoms with van der Waals surface area (Å²) in [4.78, 5) is 28.8. The SMILES string of the molecule is CCOC(=O)N1CCN([C@@H](C)c2nc(N)nc(Nc3ccccc3)n2)CC1. The van der Waals surface area contributed by atoms with Gasteiger partial charge >= 0.3 is 6.09 Å². The number of rotatable bonds is 5. The van der Waals surface area contributed by atoms with Crippen LogP contribution in [0.15, 0.2) is 30.3 Å². The van der Waals surface area contributed by atoms with Gasteiger partial charge in [-0.25, -0.2) is 4.79 Å². The summed E-state index contributed by atoms with van der Waals surface area (Å²) in [6.07, 6.45) is -0.261. The number of hydrogen-bond donors (Lipinski definition) is 2. The fraction of sp³-hybridized carbons (Fsp3) is 0.444. The average molecular weight is 371 g/mol. The zero-order chi connectivity index (χ0) is 19.2. The Balaban J connectivity index is 1.66. The molecule has 3 rings (SSSR count). The molecular weight excluding hydrogens is 346 g/mol. The minimum Gasteiger partial charge on any atom is -0.450 e. The van der Waals surface area contributed by atoms with E-state index < -0.39 is 0 Å². The molecule has 1 atom stereocenters. The number of para-hydroxylation sites is 1. The molecule has 1 fully saturated rings. The molecule has 1 aromatic carbocycles. The summed E-state index contributed by atoms with van der Waals surface area (Å²) in [7, 11) is 0. The van der Waals surface area contributed by atoms with E-state index in [-0.39, 0.29) is 18.1 Å². The predicted molar refractivity (Wildman–Crippen MR) is 103 cm³/mol. The van der Waals surface area contributed by atoms with Crippen LogP contribution in [0.4, 0.5) is 22.4 Å². The first-order chi connectivity index (χ1) is 13.1. The largest absolute Gasteiger partial charge is 0.450 e. The third-order valence-electron chi connectivity index (χ3n) is 4.46. The topological polar surface area (TPSA) is 110 Å². The van der Waals surface area contributed by atoms with Gasteiger partial charge in [-0.2, -0.15) is 15.0 Å². The maximum atomic E-state index is 11.8. The van der Waals surface area contributed by atoms with Gasteiger partial charge in [0, 0.05) is 31.9 Å². The fourth-order valence-electron chi connectivity index (χ4n) is 2.97. The maximum Gasteiger partial charge on any atom is 0.409 e. The Morgan fingerprint density at radius 3 is 2.56 bits per heavy atom. The van der Waals surface area contributed by atoms with Crippen molar-refractivity contribution < 1.29 is 9.53 Å². The molecule has 9 heteroatoms. The molecule has 2 heterocycles. The standard InChI is InChI=1S/C18H25N7O2/c1-3-27-18(26)25-11-9-24(10-12-25)13(2)15-21-16(19)23-17(22-15)20-14-7-5-4-6-8-14/h4-8,13H,3,9-12H2,1-2H3,(H3,19,20,21,22,23)/t13-/m0/s1. The molecule has 1 saturated heterocycles. The zero-order valence-electron chi connectivity index (χ0n) is 15.6. The first-order valence-electron chi connectivity index (χ1n) is 9.06. The second kappa shape index (κ2) is 8.63. The molecule has 0 radical (unpaired) electrons. The van der Waals surface area contributed by atoms with Crippen molar-refractivity contribution in [2.24, 2.45) is 0 Å². The van der Waals surface area contributed by atoms with Gasteiger partial charge < -0.3 is 20.7 Å². The number of benzene rings is 1. The highest BCUT2D eigenvalue weighted by Crippen LogP contribution is 2.21. The Bertz CT molecular complexity index is 764. The minimum absolute atomic E-state index is 0.0454. The van der Waals surface area contributed by atoms with Crippen LogP contribution in [0, 0.1) is 0 Å². The molecule has 0 bridgehead atoms. The Morgan fingerprint density at radius 1 is 1.19 bits per heavy atom. The lowest BCUT2D eigenvalue weighted by Gasteiger charge is -2.36. The number of anilines is 3. The van der Waals surface area contributed by atoms with Gasteiger partial charge in [-0.05, 0) is 26.0 Å². The lowest BCUT2D eigenvalue weighted by atomic mass is 10.2. The number of hydrogen-bond acceptors (Lipinski definition) is 8. The number of ether oxygens (including phenoxy) is 1. The highest BCUT2D eigenvalue weighted by molar-refractivity contribution is 5.67. The summed E-state index contributed by atoms with van der Waals surface area (Å²) in [6.45, 7) is 6.87. The van der Waals surface area contributed by atoms with Gasteiger partial charge in [0.25, 0.3) is 0 Å². The van der Waals surface area contributed by atoms with E-state index in [0.717, 1.165) is 5.69 Å². The molecule has 27 heavy (non-hydrogen) atoms. The van der Waals surface area contributed by atoms with Gasteiger partial charge in [0.1, 0.15) is 0 Å². The summed E-state index contributed by atoms with van der Waals surface area (Å²) in [5, 5.41) is 3.15. The van der Waals surface area contributed by atoms with Gasteiger partial charge in [-0.1, -0.05) is 18.2 Å². The Hall–Kier alpha value is -2.94. The predicted octanol–water partition coefficient (Wildman–Crippen LogP) is 2.03. The average Bonchev–Trinajstić information content (AvgIpc) is 2.68. The fourth-order valence-corrected chi connectivity index (χ4v) is 2.97. The monoisotopic (exact) mass is 371 g/mol. The molecule has 0 saturated carbocycles. The van der Waals surface area contributed by atoms with Gasteiger partial charge in [-0.3, -0.25) is 4.90 Å². The summed E-state index contributed by atoms with van der Waals surface area (Å²) in [5.41, 5.74) is 6.76. The van der Waals surface area contributed by atoms with Crippen LogP contribution >= 0.6 is 0 Å². The Kier molecular flexibility index (Phi) is 6.02.